The van der Waals surface area contributed by atoms with Crippen LogP contribution in [-0.2, 0) is 4.79 Å². The summed E-state index contributed by atoms with van der Waals surface area (Å²) in [6.45, 7) is 1.76. The van der Waals surface area contributed by atoms with E-state index in [2.05, 4.69) is 26.2 Å². The second kappa shape index (κ2) is 7.27. The van der Waals surface area contributed by atoms with E-state index in [4.69, 9.17) is 0 Å². The first-order valence-corrected chi connectivity index (χ1v) is 8.21. The van der Waals surface area contributed by atoms with Crippen molar-refractivity contribution in [2.24, 2.45) is 5.92 Å². The Balaban J connectivity index is 0.00000169. The topological polar surface area (TPSA) is 84.7 Å². The molecule has 4 rings (SSSR count). The normalized spacial score (nSPS) is 20.2. The highest BCUT2D eigenvalue weighted by atomic mass is 35.5. The number of aromatic nitrogens is 4. The van der Waals surface area contributed by atoms with Crippen LogP contribution >= 0.6 is 12.4 Å². The standard InChI is InChI=1S/C16H20N6O.ClH/c23-16(12-4-2-8-17-10-12)18-13-5-1-3-11(9-13)15-19-20-21-22(15)14-6-7-14;/h1,3,5,9,12,14,17H,2,4,6-8,10H2,(H,18,23);1H. The van der Waals surface area contributed by atoms with Gasteiger partial charge in [0.15, 0.2) is 5.82 Å². The Morgan fingerprint density at radius 2 is 2.17 bits per heavy atom. The molecule has 2 heterocycles. The first-order chi connectivity index (χ1) is 11.3. The van der Waals surface area contributed by atoms with E-state index in [1.54, 1.807) is 0 Å². The molecule has 2 aromatic rings. The van der Waals surface area contributed by atoms with Crippen molar-refractivity contribution < 1.29 is 4.79 Å². The zero-order valence-electron chi connectivity index (χ0n) is 13.3. The molecule has 2 aliphatic rings. The first-order valence-electron chi connectivity index (χ1n) is 8.21. The van der Waals surface area contributed by atoms with Crippen molar-refractivity contribution in [3.63, 3.8) is 0 Å². The van der Waals surface area contributed by atoms with Crippen LogP contribution in [0.2, 0.25) is 0 Å². The lowest BCUT2D eigenvalue weighted by atomic mass is 9.99. The molecule has 1 saturated heterocycles. The number of carbonyl (C=O) groups excluding carboxylic acids is 1. The summed E-state index contributed by atoms with van der Waals surface area (Å²) in [5, 5.41) is 18.3. The predicted octanol–water partition coefficient (Wildman–Crippen LogP) is 2.03. The van der Waals surface area contributed by atoms with Crippen LogP contribution in [0.15, 0.2) is 24.3 Å². The van der Waals surface area contributed by atoms with Gasteiger partial charge in [-0.3, -0.25) is 4.79 Å². The Morgan fingerprint density at radius 3 is 2.92 bits per heavy atom. The molecule has 0 spiro atoms. The summed E-state index contributed by atoms with van der Waals surface area (Å²) >= 11 is 0. The third-order valence-corrected chi connectivity index (χ3v) is 4.44. The highest BCUT2D eigenvalue weighted by molar-refractivity contribution is 5.93. The average Bonchev–Trinajstić information content (AvgIpc) is 3.32. The van der Waals surface area contributed by atoms with Crippen LogP contribution in [0.25, 0.3) is 11.4 Å². The molecular weight excluding hydrogens is 328 g/mol. The summed E-state index contributed by atoms with van der Waals surface area (Å²) in [5.74, 6) is 0.892. The molecule has 0 bridgehead atoms. The van der Waals surface area contributed by atoms with Crippen LogP contribution in [0, 0.1) is 5.92 Å². The van der Waals surface area contributed by atoms with Crippen molar-refractivity contribution in [3.05, 3.63) is 24.3 Å². The fourth-order valence-electron chi connectivity index (χ4n) is 3.00. The van der Waals surface area contributed by atoms with Crippen LogP contribution in [-0.4, -0.2) is 39.2 Å². The number of nitrogens with zero attached hydrogens (tertiary/aromatic N) is 4. The number of hydrogen-bond acceptors (Lipinski definition) is 5. The minimum Gasteiger partial charge on any atom is -0.326 e. The second-order valence-electron chi connectivity index (χ2n) is 6.29. The predicted molar refractivity (Wildman–Crippen MR) is 93.0 cm³/mol. The number of anilines is 1. The van der Waals surface area contributed by atoms with Crippen LogP contribution in [0.5, 0.6) is 0 Å². The largest absolute Gasteiger partial charge is 0.326 e. The molecule has 1 atom stereocenters. The van der Waals surface area contributed by atoms with Gasteiger partial charge < -0.3 is 10.6 Å². The summed E-state index contributed by atoms with van der Waals surface area (Å²) < 4.78 is 1.88. The lowest BCUT2D eigenvalue weighted by Gasteiger charge is -2.22. The van der Waals surface area contributed by atoms with Crippen molar-refractivity contribution >= 4 is 24.0 Å². The highest BCUT2D eigenvalue weighted by Gasteiger charge is 2.28. The summed E-state index contributed by atoms with van der Waals surface area (Å²) in [7, 11) is 0. The number of hydrogen-bond donors (Lipinski definition) is 2. The molecule has 24 heavy (non-hydrogen) atoms. The summed E-state index contributed by atoms with van der Waals surface area (Å²) in [6.07, 6.45) is 4.25. The van der Waals surface area contributed by atoms with E-state index in [0.717, 1.165) is 55.8 Å². The number of amides is 1. The third kappa shape index (κ3) is 3.57. The van der Waals surface area contributed by atoms with Gasteiger partial charge in [-0.2, -0.15) is 0 Å². The molecule has 1 unspecified atom stereocenters. The summed E-state index contributed by atoms with van der Waals surface area (Å²) in [5.41, 5.74) is 1.73. The van der Waals surface area contributed by atoms with Gasteiger partial charge in [0.1, 0.15) is 0 Å². The molecule has 1 saturated carbocycles. The van der Waals surface area contributed by atoms with Crippen LogP contribution in [0.3, 0.4) is 0 Å². The minimum absolute atomic E-state index is 0. The number of piperidine rings is 1. The van der Waals surface area contributed by atoms with Gasteiger partial charge in [0.2, 0.25) is 5.91 Å². The van der Waals surface area contributed by atoms with Gasteiger partial charge in [-0.1, -0.05) is 12.1 Å². The maximum absolute atomic E-state index is 12.4. The van der Waals surface area contributed by atoms with Crippen molar-refractivity contribution in [1.82, 2.24) is 25.5 Å². The van der Waals surface area contributed by atoms with Gasteiger partial charge in [-0.15, -0.1) is 17.5 Å². The molecule has 1 amide bonds. The molecule has 8 heteroatoms. The van der Waals surface area contributed by atoms with Crippen molar-refractivity contribution in [2.75, 3.05) is 18.4 Å². The fourth-order valence-corrected chi connectivity index (χ4v) is 3.00. The van der Waals surface area contributed by atoms with E-state index in [1.807, 2.05) is 28.9 Å². The number of halogens is 1. The molecule has 0 radical (unpaired) electrons. The van der Waals surface area contributed by atoms with Crippen LogP contribution in [0.4, 0.5) is 5.69 Å². The van der Waals surface area contributed by atoms with Crippen LogP contribution < -0.4 is 10.6 Å². The Morgan fingerprint density at radius 1 is 1.29 bits per heavy atom. The molecule has 1 aromatic heterocycles. The van der Waals surface area contributed by atoms with Crippen LogP contribution in [0.1, 0.15) is 31.7 Å². The SMILES string of the molecule is Cl.O=C(Nc1cccc(-c2nnnn2C2CC2)c1)C1CCCNC1. The summed E-state index contributed by atoms with van der Waals surface area (Å²) in [6, 6.07) is 8.17. The van der Waals surface area contributed by atoms with Gasteiger partial charge in [0, 0.05) is 17.8 Å². The number of rotatable bonds is 4. The van der Waals surface area contributed by atoms with Crippen molar-refractivity contribution in [3.8, 4) is 11.4 Å². The lowest BCUT2D eigenvalue weighted by Crippen LogP contribution is -2.37. The van der Waals surface area contributed by atoms with Crippen molar-refractivity contribution in [1.29, 1.82) is 0 Å². The number of nitrogens with one attached hydrogen (secondary N) is 2. The van der Waals surface area contributed by atoms with E-state index in [-0.39, 0.29) is 24.2 Å². The van der Waals surface area contributed by atoms with Crippen molar-refractivity contribution in [2.45, 2.75) is 31.7 Å². The second-order valence-corrected chi connectivity index (χ2v) is 6.29. The minimum atomic E-state index is 0. The van der Waals surface area contributed by atoms with E-state index >= 15 is 0 Å². The van der Waals surface area contributed by atoms with E-state index in [0.29, 0.717) is 6.04 Å². The number of carbonyl (C=O) groups is 1. The van der Waals surface area contributed by atoms with E-state index in [1.165, 1.54) is 0 Å². The van der Waals surface area contributed by atoms with Gasteiger partial charge in [0.25, 0.3) is 0 Å². The van der Waals surface area contributed by atoms with Gasteiger partial charge in [-0.25, -0.2) is 4.68 Å². The zero-order valence-corrected chi connectivity index (χ0v) is 14.1. The molecular formula is C16H21ClN6O. The third-order valence-electron chi connectivity index (χ3n) is 4.44. The molecule has 1 aromatic carbocycles. The average molecular weight is 349 g/mol. The monoisotopic (exact) mass is 348 g/mol. The maximum atomic E-state index is 12.4. The van der Waals surface area contributed by atoms with Gasteiger partial charge in [-0.05, 0) is 54.8 Å². The Bertz CT molecular complexity index is 708. The molecule has 2 fully saturated rings. The van der Waals surface area contributed by atoms with Gasteiger partial charge in [0.05, 0.1) is 12.0 Å². The molecule has 1 aliphatic carbocycles. The number of benzene rings is 1. The van der Waals surface area contributed by atoms with Gasteiger partial charge >= 0.3 is 0 Å². The molecule has 1 aliphatic heterocycles. The molecule has 128 valence electrons. The van der Waals surface area contributed by atoms with E-state index in [9.17, 15) is 4.79 Å². The maximum Gasteiger partial charge on any atom is 0.228 e. The highest BCUT2D eigenvalue weighted by Crippen LogP contribution is 2.36. The summed E-state index contributed by atoms with van der Waals surface area (Å²) in [4.78, 5) is 12.4. The Kier molecular flexibility index (Phi) is 5.11. The zero-order chi connectivity index (χ0) is 15.6. The van der Waals surface area contributed by atoms with E-state index < -0.39 is 0 Å². The Hall–Kier alpha value is -1.99. The fraction of sp³-hybridized carbons (Fsp3) is 0.500. The Labute approximate surface area is 146 Å². The lowest BCUT2D eigenvalue weighted by molar-refractivity contribution is -0.120. The number of tetrazole rings is 1. The smallest absolute Gasteiger partial charge is 0.228 e. The quantitative estimate of drug-likeness (QED) is 0.883. The first kappa shape index (κ1) is 16.9. The molecule has 7 nitrogen and oxygen atoms in total. The molecule has 2 N–H and O–H groups in total.